The first-order valence-electron chi connectivity index (χ1n) is 6.40. The minimum atomic E-state index is -2.88. The van der Waals surface area contributed by atoms with Crippen LogP contribution in [-0.4, -0.2) is 18.7 Å². The van der Waals surface area contributed by atoms with E-state index in [9.17, 15) is 8.78 Å². The van der Waals surface area contributed by atoms with Crippen LogP contribution in [0.15, 0.2) is 42.7 Å². The Kier molecular flexibility index (Phi) is 5.45. The van der Waals surface area contributed by atoms with Gasteiger partial charge >= 0.3 is 6.61 Å². The molecule has 0 spiro atoms. The second-order valence-electron chi connectivity index (χ2n) is 4.33. The molecule has 1 aromatic carbocycles. The molecular weight excluding hydrogens is 278 g/mol. The van der Waals surface area contributed by atoms with Crippen LogP contribution in [0.1, 0.15) is 11.1 Å². The molecule has 0 saturated carbocycles. The van der Waals surface area contributed by atoms with Gasteiger partial charge in [0, 0.05) is 25.5 Å². The largest absolute Gasteiger partial charge is 0.493 e. The molecule has 0 aliphatic rings. The van der Waals surface area contributed by atoms with Crippen LogP contribution in [0.25, 0.3) is 0 Å². The van der Waals surface area contributed by atoms with Gasteiger partial charge in [0.2, 0.25) is 0 Å². The van der Waals surface area contributed by atoms with Crippen LogP contribution in [0.2, 0.25) is 0 Å². The van der Waals surface area contributed by atoms with Gasteiger partial charge in [-0.1, -0.05) is 12.1 Å². The molecule has 0 atom stereocenters. The van der Waals surface area contributed by atoms with Crippen molar-refractivity contribution in [3.05, 3.63) is 53.9 Å². The molecule has 2 rings (SSSR count). The average Bonchev–Trinajstić information content (AvgIpc) is 2.48. The smallest absolute Gasteiger partial charge is 0.387 e. The van der Waals surface area contributed by atoms with E-state index in [2.05, 4.69) is 15.0 Å². The van der Waals surface area contributed by atoms with E-state index in [0.29, 0.717) is 13.1 Å². The van der Waals surface area contributed by atoms with E-state index in [-0.39, 0.29) is 11.5 Å². The molecule has 0 aliphatic heterocycles. The molecule has 0 fully saturated rings. The van der Waals surface area contributed by atoms with Gasteiger partial charge in [-0.15, -0.1) is 0 Å². The van der Waals surface area contributed by atoms with E-state index in [1.807, 2.05) is 12.1 Å². The maximum Gasteiger partial charge on any atom is 0.387 e. The van der Waals surface area contributed by atoms with E-state index in [0.717, 1.165) is 11.1 Å². The zero-order valence-electron chi connectivity index (χ0n) is 11.6. The van der Waals surface area contributed by atoms with Gasteiger partial charge in [0.25, 0.3) is 0 Å². The van der Waals surface area contributed by atoms with Crippen LogP contribution in [0, 0.1) is 0 Å². The fourth-order valence-corrected chi connectivity index (χ4v) is 1.87. The lowest BCUT2D eigenvalue weighted by Crippen LogP contribution is -2.13. The van der Waals surface area contributed by atoms with Gasteiger partial charge in [-0.25, -0.2) is 0 Å². The number of hydrogen-bond acceptors (Lipinski definition) is 4. The predicted octanol–water partition coefficient (Wildman–Crippen LogP) is 2.98. The number of methoxy groups -OCH3 is 1. The third kappa shape index (κ3) is 4.68. The highest BCUT2D eigenvalue weighted by Gasteiger charge is 2.11. The van der Waals surface area contributed by atoms with E-state index in [1.165, 1.54) is 7.11 Å². The summed E-state index contributed by atoms with van der Waals surface area (Å²) in [5.41, 5.74) is 1.88. The highest BCUT2D eigenvalue weighted by Crippen LogP contribution is 2.29. The molecule has 0 amide bonds. The van der Waals surface area contributed by atoms with E-state index < -0.39 is 6.61 Å². The highest BCUT2D eigenvalue weighted by atomic mass is 19.3. The minimum Gasteiger partial charge on any atom is -0.493 e. The quantitative estimate of drug-likeness (QED) is 0.852. The van der Waals surface area contributed by atoms with E-state index in [1.54, 1.807) is 30.6 Å². The molecule has 1 N–H and O–H groups in total. The minimum absolute atomic E-state index is 0.0353. The SMILES string of the molecule is COc1ccc(CNCc2cccnc2)cc1OC(F)F. The Morgan fingerprint density at radius 3 is 2.62 bits per heavy atom. The van der Waals surface area contributed by atoms with Gasteiger partial charge in [0.05, 0.1) is 7.11 Å². The first kappa shape index (κ1) is 15.2. The number of benzene rings is 1. The summed E-state index contributed by atoms with van der Waals surface area (Å²) in [5, 5.41) is 3.21. The van der Waals surface area contributed by atoms with Crippen molar-refractivity contribution < 1.29 is 18.3 Å². The van der Waals surface area contributed by atoms with Crippen LogP contribution in [0.5, 0.6) is 11.5 Å². The summed E-state index contributed by atoms with van der Waals surface area (Å²) in [5.74, 6) is 0.319. The summed E-state index contributed by atoms with van der Waals surface area (Å²) in [6, 6.07) is 8.77. The van der Waals surface area contributed by atoms with Gasteiger partial charge in [-0.2, -0.15) is 8.78 Å². The van der Waals surface area contributed by atoms with Gasteiger partial charge in [-0.3, -0.25) is 4.98 Å². The Balaban J connectivity index is 1.96. The van der Waals surface area contributed by atoms with Crippen LogP contribution in [0.4, 0.5) is 8.78 Å². The fraction of sp³-hybridized carbons (Fsp3) is 0.267. The summed E-state index contributed by atoms with van der Waals surface area (Å²) in [6.45, 7) is -1.71. The number of rotatable bonds is 7. The third-order valence-electron chi connectivity index (χ3n) is 2.83. The Morgan fingerprint density at radius 1 is 1.14 bits per heavy atom. The van der Waals surface area contributed by atoms with Crippen LogP contribution >= 0.6 is 0 Å². The molecule has 4 nitrogen and oxygen atoms in total. The van der Waals surface area contributed by atoms with Crippen LogP contribution in [-0.2, 0) is 13.1 Å². The first-order valence-corrected chi connectivity index (χ1v) is 6.40. The number of ether oxygens (including phenoxy) is 2. The number of aromatic nitrogens is 1. The van der Waals surface area contributed by atoms with Gasteiger partial charge in [-0.05, 0) is 29.3 Å². The van der Waals surface area contributed by atoms with Gasteiger partial charge in [0.1, 0.15) is 0 Å². The molecule has 0 radical (unpaired) electrons. The number of pyridine rings is 1. The molecule has 6 heteroatoms. The Bertz CT molecular complexity index is 565. The fourth-order valence-electron chi connectivity index (χ4n) is 1.87. The average molecular weight is 294 g/mol. The van der Waals surface area contributed by atoms with Crippen molar-refractivity contribution in [3.8, 4) is 11.5 Å². The van der Waals surface area contributed by atoms with Crippen molar-refractivity contribution >= 4 is 0 Å². The lowest BCUT2D eigenvalue weighted by Gasteiger charge is -2.12. The number of halogens is 2. The zero-order chi connectivity index (χ0) is 15.1. The van der Waals surface area contributed by atoms with Crippen LogP contribution in [0.3, 0.4) is 0 Å². The second-order valence-corrected chi connectivity index (χ2v) is 4.33. The standard InChI is InChI=1S/C15H16F2N2O2/c1-20-13-5-4-11(7-14(13)21-15(16)17)8-19-10-12-3-2-6-18-9-12/h2-7,9,15,19H,8,10H2,1H3. The lowest BCUT2D eigenvalue weighted by molar-refractivity contribution is -0.0512. The molecule has 0 bridgehead atoms. The summed E-state index contributed by atoms with van der Waals surface area (Å²) in [4.78, 5) is 4.02. The molecule has 112 valence electrons. The van der Waals surface area contributed by atoms with Crippen molar-refractivity contribution in [2.75, 3.05) is 7.11 Å². The summed E-state index contributed by atoms with van der Waals surface area (Å²) in [7, 11) is 1.41. The van der Waals surface area contributed by atoms with Crippen molar-refractivity contribution in [1.82, 2.24) is 10.3 Å². The molecule has 1 aromatic heterocycles. The topological polar surface area (TPSA) is 43.4 Å². The molecule has 0 saturated heterocycles. The molecule has 1 heterocycles. The Labute approximate surface area is 121 Å². The molecule has 2 aromatic rings. The van der Waals surface area contributed by atoms with Gasteiger partial charge in [0.15, 0.2) is 11.5 Å². The summed E-state index contributed by atoms with van der Waals surface area (Å²) < 4.78 is 34.1. The monoisotopic (exact) mass is 294 g/mol. The van der Waals surface area contributed by atoms with E-state index >= 15 is 0 Å². The molecule has 0 unspecified atom stereocenters. The number of alkyl halides is 2. The van der Waals surface area contributed by atoms with Crippen molar-refractivity contribution in [2.45, 2.75) is 19.7 Å². The van der Waals surface area contributed by atoms with Gasteiger partial charge < -0.3 is 14.8 Å². The Hall–Kier alpha value is -2.21. The second kappa shape index (κ2) is 7.54. The van der Waals surface area contributed by atoms with Crippen molar-refractivity contribution in [2.24, 2.45) is 0 Å². The van der Waals surface area contributed by atoms with Crippen LogP contribution < -0.4 is 14.8 Å². The summed E-state index contributed by atoms with van der Waals surface area (Å²) in [6.07, 6.45) is 3.48. The maximum atomic E-state index is 12.3. The lowest BCUT2D eigenvalue weighted by atomic mass is 10.2. The normalized spacial score (nSPS) is 10.7. The highest BCUT2D eigenvalue weighted by molar-refractivity contribution is 5.43. The first-order chi connectivity index (χ1) is 10.2. The number of nitrogens with zero attached hydrogens (tertiary/aromatic N) is 1. The number of hydrogen-bond donors (Lipinski definition) is 1. The third-order valence-corrected chi connectivity index (χ3v) is 2.83. The Morgan fingerprint density at radius 2 is 1.95 bits per heavy atom. The van der Waals surface area contributed by atoms with Crippen molar-refractivity contribution in [3.63, 3.8) is 0 Å². The maximum absolute atomic E-state index is 12.3. The predicted molar refractivity (Wildman–Crippen MR) is 74.4 cm³/mol. The zero-order valence-corrected chi connectivity index (χ0v) is 11.6. The molecular formula is C15H16F2N2O2. The number of nitrogens with one attached hydrogen (secondary N) is 1. The molecule has 21 heavy (non-hydrogen) atoms. The molecule has 0 aliphatic carbocycles. The van der Waals surface area contributed by atoms with Crippen molar-refractivity contribution in [1.29, 1.82) is 0 Å². The van der Waals surface area contributed by atoms with E-state index in [4.69, 9.17) is 4.74 Å². The summed E-state index contributed by atoms with van der Waals surface area (Å²) >= 11 is 0.